The molecule has 140 valence electrons. The van der Waals surface area contributed by atoms with Crippen LogP contribution in [-0.4, -0.2) is 22.1 Å². The Morgan fingerprint density at radius 2 is 1.96 bits per heavy atom. The van der Waals surface area contributed by atoms with Crippen LogP contribution in [-0.2, 0) is 6.54 Å². The number of anilines is 1. The van der Waals surface area contributed by atoms with E-state index in [2.05, 4.69) is 9.97 Å². The van der Waals surface area contributed by atoms with Crippen molar-refractivity contribution in [1.29, 1.82) is 0 Å². The van der Waals surface area contributed by atoms with Crippen LogP contribution in [0.4, 0.5) is 9.52 Å². The van der Waals surface area contributed by atoms with Gasteiger partial charge in [-0.3, -0.25) is 14.7 Å². The Bertz CT molecular complexity index is 1110. The summed E-state index contributed by atoms with van der Waals surface area (Å²) in [6, 6.07) is 17.5. The molecule has 7 heteroatoms. The van der Waals surface area contributed by atoms with Crippen LogP contribution >= 0.6 is 23.1 Å². The Labute approximate surface area is 170 Å². The second-order valence-electron chi connectivity index (χ2n) is 6.05. The van der Waals surface area contributed by atoms with Gasteiger partial charge in [0.15, 0.2) is 5.13 Å². The van der Waals surface area contributed by atoms with Crippen molar-refractivity contribution < 1.29 is 9.18 Å². The largest absolute Gasteiger partial charge is 0.278 e. The molecule has 0 aliphatic rings. The molecule has 0 aliphatic heterocycles. The zero-order valence-electron chi connectivity index (χ0n) is 15.0. The first-order valence-corrected chi connectivity index (χ1v) is 10.6. The predicted molar refractivity (Wildman–Crippen MR) is 113 cm³/mol. The topological polar surface area (TPSA) is 46.1 Å². The summed E-state index contributed by atoms with van der Waals surface area (Å²) in [5, 5.41) is 0.519. The van der Waals surface area contributed by atoms with Crippen molar-refractivity contribution in [3.8, 4) is 0 Å². The number of hydrogen-bond acceptors (Lipinski definition) is 5. The second kappa shape index (κ2) is 8.08. The highest BCUT2D eigenvalue weighted by Crippen LogP contribution is 2.31. The lowest BCUT2D eigenvalue weighted by Crippen LogP contribution is -2.30. The summed E-state index contributed by atoms with van der Waals surface area (Å²) in [6.07, 6.45) is 3.68. The molecule has 2 heterocycles. The molecule has 2 aromatic carbocycles. The highest BCUT2D eigenvalue weighted by atomic mass is 32.2. The molecule has 2 aromatic heterocycles. The van der Waals surface area contributed by atoms with E-state index in [0.29, 0.717) is 20.9 Å². The SMILES string of the molecule is CSc1ccc(C(=O)N(Cc2ccccn2)c2nc3ccc(F)cc3s2)cc1. The summed E-state index contributed by atoms with van der Waals surface area (Å²) in [5.74, 6) is -0.490. The average molecular weight is 410 g/mol. The van der Waals surface area contributed by atoms with Crippen molar-refractivity contribution in [1.82, 2.24) is 9.97 Å². The average Bonchev–Trinajstić information content (AvgIpc) is 3.15. The van der Waals surface area contributed by atoms with Crippen LogP contribution in [0, 0.1) is 5.82 Å². The molecule has 0 unspecified atom stereocenters. The number of thiazole rings is 1. The fourth-order valence-electron chi connectivity index (χ4n) is 2.77. The number of carbonyl (C=O) groups is 1. The van der Waals surface area contributed by atoms with Crippen LogP contribution in [0.3, 0.4) is 0 Å². The lowest BCUT2D eigenvalue weighted by Gasteiger charge is -2.19. The third-order valence-corrected chi connectivity index (χ3v) is 5.98. The molecule has 0 bridgehead atoms. The third-order valence-electron chi connectivity index (χ3n) is 4.20. The monoisotopic (exact) mass is 409 g/mol. The van der Waals surface area contributed by atoms with Crippen molar-refractivity contribution in [2.45, 2.75) is 11.4 Å². The molecule has 1 amide bonds. The number of hydrogen-bond donors (Lipinski definition) is 0. The molecule has 28 heavy (non-hydrogen) atoms. The summed E-state index contributed by atoms with van der Waals surface area (Å²) in [5.41, 5.74) is 1.99. The number of nitrogens with zero attached hydrogens (tertiary/aromatic N) is 3. The lowest BCUT2D eigenvalue weighted by molar-refractivity contribution is 0.0984. The smallest absolute Gasteiger partial charge is 0.260 e. The molecule has 4 nitrogen and oxygen atoms in total. The van der Waals surface area contributed by atoms with Crippen LogP contribution in [0.2, 0.25) is 0 Å². The first-order chi connectivity index (χ1) is 13.6. The fraction of sp³-hybridized carbons (Fsp3) is 0.0952. The maximum absolute atomic E-state index is 13.6. The van der Waals surface area contributed by atoms with Crippen LogP contribution in [0.1, 0.15) is 16.1 Å². The second-order valence-corrected chi connectivity index (χ2v) is 7.94. The molecule has 4 aromatic rings. The maximum atomic E-state index is 13.6. The molecule has 0 atom stereocenters. The number of aromatic nitrogens is 2. The fourth-order valence-corrected chi connectivity index (χ4v) is 4.17. The van der Waals surface area contributed by atoms with E-state index in [0.717, 1.165) is 10.6 Å². The number of amides is 1. The van der Waals surface area contributed by atoms with E-state index in [4.69, 9.17) is 0 Å². The minimum absolute atomic E-state index is 0.169. The van der Waals surface area contributed by atoms with Crippen molar-refractivity contribution >= 4 is 44.4 Å². The Balaban J connectivity index is 1.74. The summed E-state index contributed by atoms with van der Waals surface area (Å²) in [7, 11) is 0. The predicted octanol–water partition coefficient (Wildman–Crippen LogP) is 5.40. The van der Waals surface area contributed by atoms with Crippen LogP contribution in [0.5, 0.6) is 0 Å². The number of rotatable bonds is 5. The summed E-state index contributed by atoms with van der Waals surface area (Å²) in [4.78, 5) is 24.9. The van der Waals surface area contributed by atoms with E-state index in [9.17, 15) is 9.18 Å². The minimum Gasteiger partial charge on any atom is -0.278 e. The molecule has 0 aliphatic carbocycles. The summed E-state index contributed by atoms with van der Waals surface area (Å²) < 4.78 is 14.3. The van der Waals surface area contributed by atoms with E-state index in [1.165, 1.54) is 23.5 Å². The highest BCUT2D eigenvalue weighted by molar-refractivity contribution is 7.98. The van der Waals surface area contributed by atoms with E-state index < -0.39 is 0 Å². The first-order valence-electron chi connectivity index (χ1n) is 8.56. The van der Waals surface area contributed by atoms with Gasteiger partial charge in [0.2, 0.25) is 0 Å². The number of pyridine rings is 1. The van der Waals surface area contributed by atoms with Crippen molar-refractivity contribution in [2.75, 3.05) is 11.2 Å². The number of benzene rings is 2. The van der Waals surface area contributed by atoms with Gasteiger partial charge in [0, 0.05) is 16.7 Å². The van der Waals surface area contributed by atoms with Crippen molar-refractivity contribution in [2.24, 2.45) is 0 Å². The number of thioether (sulfide) groups is 1. The third kappa shape index (κ3) is 3.90. The molecule has 0 fully saturated rings. The van der Waals surface area contributed by atoms with Gasteiger partial charge >= 0.3 is 0 Å². The van der Waals surface area contributed by atoms with Gasteiger partial charge in [-0.25, -0.2) is 9.37 Å². The Morgan fingerprint density at radius 1 is 1.14 bits per heavy atom. The van der Waals surface area contributed by atoms with Gasteiger partial charge in [0.25, 0.3) is 5.91 Å². The van der Waals surface area contributed by atoms with Gasteiger partial charge in [0.05, 0.1) is 22.5 Å². The van der Waals surface area contributed by atoms with E-state index in [1.54, 1.807) is 28.9 Å². The molecule has 0 radical (unpaired) electrons. The van der Waals surface area contributed by atoms with Crippen molar-refractivity contribution in [3.05, 3.63) is 83.9 Å². The quantitative estimate of drug-likeness (QED) is 0.414. The summed E-state index contributed by atoms with van der Waals surface area (Å²) in [6.45, 7) is 0.284. The molecular weight excluding hydrogens is 393 g/mol. The number of carbonyl (C=O) groups excluding carboxylic acids is 1. The van der Waals surface area contributed by atoms with Gasteiger partial charge in [0.1, 0.15) is 5.82 Å². The zero-order chi connectivity index (χ0) is 19.5. The lowest BCUT2D eigenvalue weighted by atomic mass is 10.2. The normalized spacial score (nSPS) is 10.9. The zero-order valence-corrected chi connectivity index (χ0v) is 16.6. The van der Waals surface area contributed by atoms with Crippen LogP contribution in [0.25, 0.3) is 10.2 Å². The number of fused-ring (bicyclic) bond motifs is 1. The van der Waals surface area contributed by atoms with Gasteiger partial charge in [-0.2, -0.15) is 0 Å². The molecule has 0 saturated heterocycles. The van der Waals surface area contributed by atoms with Gasteiger partial charge < -0.3 is 0 Å². The van der Waals surface area contributed by atoms with E-state index in [1.807, 2.05) is 48.7 Å². The van der Waals surface area contributed by atoms with Gasteiger partial charge in [-0.05, 0) is 60.9 Å². The molecule has 0 saturated carbocycles. The van der Waals surface area contributed by atoms with Gasteiger partial charge in [-0.1, -0.05) is 17.4 Å². The first kappa shape index (κ1) is 18.6. The number of halogens is 1. The minimum atomic E-state index is -0.321. The van der Waals surface area contributed by atoms with Crippen LogP contribution in [0.15, 0.2) is 71.8 Å². The maximum Gasteiger partial charge on any atom is 0.260 e. The molecule has 0 N–H and O–H groups in total. The summed E-state index contributed by atoms with van der Waals surface area (Å²) >= 11 is 2.91. The van der Waals surface area contributed by atoms with Crippen LogP contribution < -0.4 is 4.90 Å². The van der Waals surface area contributed by atoms with Crippen molar-refractivity contribution in [3.63, 3.8) is 0 Å². The highest BCUT2D eigenvalue weighted by Gasteiger charge is 2.22. The van der Waals surface area contributed by atoms with E-state index >= 15 is 0 Å². The molecule has 4 rings (SSSR count). The molecule has 0 spiro atoms. The molecular formula is C21H16FN3OS2. The Kier molecular flexibility index (Phi) is 5.36. The Hall–Kier alpha value is -2.77. The standard InChI is InChI=1S/C21H16FN3OS2/c1-27-17-8-5-14(6-9-17)20(26)25(13-16-4-2-3-11-23-16)21-24-18-10-7-15(22)12-19(18)28-21/h2-12H,13H2,1H3. The van der Waals surface area contributed by atoms with E-state index in [-0.39, 0.29) is 18.3 Å². The Morgan fingerprint density at radius 3 is 2.68 bits per heavy atom. The van der Waals surface area contributed by atoms with Gasteiger partial charge in [-0.15, -0.1) is 11.8 Å².